The molecule has 0 aliphatic heterocycles. The van der Waals surface area contributed by atoms with E-state index >= 15 is 0 Å². The monoisotopic (exact) mass is 233 g/mol. The van der Waals surface area contributed by atoms with Crippen molar-refractivity contribution in [1.82, 2.24) is 15.0 Å². The molecule has 0 bridgehead atoms. The lowest BCUT2D eigenvalue weighted by atomic mass is 10.2. The predicted octanol–water partition coefficient (Wildman–Crippen LogP) is 1.84. The molecule has 6 heteroatoms. The topological polar surface area (TPSA) is 89.9 Å². The summed E-state index contributed by atoms with van der Waals surface area (Å²) in [5.41, 5.74) is 6.53. The first-order chi connectivity index (χ1) is 8.08. The Morgan fingerprint density at radius 1 is 1.29 bits per heavy atom. The molecule has 90 valence electrons. The van der Waals surface area contributed by atoms with Gasteiger partial charge in [0, 0.05) is 5.56 Å². The van der Waals surface area contributed by atoms with Crippen LogP contribution < -0.4 is 11.1 Å². The lowest BCUT2D eigenvalue weighted by molar-refractivity contribution is 0.453. The molecule has 0 radical (unpaired) electrons. The summed E-state index contributed by atoms with van der Waals surface area (Å²) in [5.74, 6) is 2.57. The van der Waals surface area contributed by atoms with Gasteiger partial charge in [-0.1, -0.05) is 0 Å². The van der Waals surface area contributed by atoms with Crippen molar-refractivity contribution >= 4 is 11.6 Å². The minimum Gasteiger partial charge on any atom is -0.444 e. The van der Waals surface area contributed by atoms with Crippen molar-refractivity contribution in [3.63, 3.8) is 0 Å². The van der Waals surface area contributed by atoms with Gasteiger partial charge < -0.3 is 15.5 Å². The van der Waals surface area contributed by atoms with E-state index in [0.29, 0.717) is 17.5 Å². The van der Waals surface area contributed by atoms with E-state index < -0.39 is 0 Å². The zero-order chi connectivity index (χ0) is 12.4. The fraction of sp³-hybridized carbons (Fsp3) is 0.364. The van der Waals surface area contributed by atoms with Crippen LogP contribution in [-0.4, -0.2) is 15.0 Å². The third kappa shape index (κ3) is 2.35. The number of aryl methyl sites for hydroxylation is 1. The lowest BCUT2D eigenvalue weighted by Gasteiger charge is -2.13. The molecule has 0 aliphatic carbocycles. The number of aromatic nitrogens is 3. The van der Waals surface area contributed by atoms with Crippen molar-refractivity contribution in [2.45, 2.75) is 26.8 Å². The zero-order valence-electron chi connectivity index (χ0n) is 10.1. The molecule has 0 fully saturated rings. The molecule has 2 rings (SSSR count). The molecule has 2 aromatic heterocycles. The van der Waals surface area contributed by atoms with Crippen molar-refractivity contribution in [3.05, 3.63) is 29.7 Å². The number of nitrogens with two attached hydrogens (primary N) is 1. The third-order valence-electron chi connectivity index (χ3n) is 2.49. The summed E-state index contributed by atoms with van der Waals surface area (Å²) in [6, 6.07) is -0.0725. The van der Waals surface area contributed by atoms with E-state index in [4.69, 9.17) is 10.2 Å². The van der Waals surface area contributed by atoms with Crippen LogP contribution in [-0.2, 0) is 0 Å². The van der Waals surface area contributed by atoms with Gasteiger partial charge >= 0.3 is 0 Å². The Labute approximate surface area is 99.3 Å². The lowest BCUT2D eigenvalue weighted by Crippen LogP contribution is -2.11. The van der Waals surface area contributed by atoms with Crippen LogP contribution in [0.5, 0.6) is 0 Å². The first kappa shape index (κ1) is 11.4. The molecule has 1 atom stereocenters. The maximum absolute atomic E-state index is 5.71. The van der Waals surface area contributed by atoms with Crippen LogP contribution in [0.1, 0.15) is 30.2 Å². The highest BCUT2D eigenvalue weighted by atomic mass is 16.4. The SMILES string of the molecule is Cc1cnc(C(C)Nc2ncnc(N)c2C)o1. The summed E-state index contributed by atoms with van der Waals surface area (Å²) in [7, 11) is 0. The highest BCUT2D eigenvalue weighted by molar-refractivity contribution is 5.54. The maximum Gasteiger partial charge on any atom is 0.216 e. The summed E-state index contributed by atoms with van der Waals surface area (Å²) in [4.78, 5) is 12.2. The van der Waals surface area contributed by atoms with Crippen molar-refractivity contribution in [1.29, 1.82) is 0 Å². The quantitative estimate of drug-likeness (QED) is 0.840. The minimum absolute atomic E-state index is 0.0725. The van der Waals surface area contributed by atoms with Crippen molar-refractivity contribution in [2.75, 3.05) is 11.1 Å². The second-order valence-corrected chi connectivity index (χ2v) is 3.91. The summed E-state index contributed by atoms with van der Waals surface area (Å²) >= 11 is 0. The summed E-state index contributed by atoms with van der Waals surface area (Å²) in [5, 5.41) is 3.19. The van der Waals surface area contributed by atoms with E-state index in [9.17, 15) is 0 Å². The fourth-order valence-electron chi connectivity index (χ4n) is 1.45. The second-order valence-electron chi connectivity index (χ2n) is 3.91. The molecule has 3 N–H and O–H groups in total. The van der Waals surface area contributed by atoms with Gasteiger partial charge in [0.15, 0.2) is 0 Å². The maximum atomic E-state index is 5.71. The largest absolute Gasteiger partial charge is 0.444 e. The van der Waals surface area contributed by atoms with Gasteiger partial charge in [-0.3, -0.25) is 0 Å². The van der Waals surface area contributed by atoms with Gasteiger partial charge in [-0.25, -0.2) is 15.0 Å². The summed E-state index contributed by atoms with van der Waals surface area (Å²) < 4.78 is 5.44. The fourth-order valence-corrected chi connectivity index (χ4v) is 1.45. The molecule has 0 saturated heterocycles. The molecule has 1 unspecified atom stereocenters. The van der Waals surface area contributed by atoms with Gasteiger partial charge in [-0.05, 0) is 20.8 Å². The van der Waals surface area contributed by atoms with Crippen LogP contribution in [0, 0.1) is 13.8 Å². The van der Waals surface area contributed by atoms with E-state index in [1.54, 1.807) is 6.20 Å². The molecule has 2 aromatic rings. The molecular weight excluding hydrogens is 218 g/mol. The van der Waals surface area contributed by atoms with Crippen LogP contribution in [0.2, 0.25) is 0 Å². The van der Waals surface area contributed by atoms with E-state index in [1.807, 2.05) is 20.8 Å². The van der Waals surface area contributed by atoms with Gasteiger partial charge in [0.2, 0.25) is 5.89 Å². The average molecular weight is 233 g/mol. The molecule has 2 heterocycles. The Kier molecular flexibility index (Phi) is 2.95. The first-order valence-electron chi connectivity index (χ1n) is 5.34. The van der Waals surface area contributed by atoms with Crippen LogP contribution in [0.25, 0.3) is 0 Å². The third-order valence-corrected chi connectivity index (χ3v) is 2.49. The molecule has 0 saturated carbocycles. The number of hydrogen-bond donors (Lipinski definition) is 2. The normalized spacial score (nSPS) is 12.4. The molecule has 0 amide bonds. The summed E-state index contributed by atoms with van der Waals surface area (Å²) in [6.07, 6.45) is 3.12. The number of hydrogen-bond acceptors (Lipinski definition) is 6. The second kappa shape index (κ2) is 4.40. The Morgan fingerprint density at radius 2 is 2.06 bits per heavy atom. The van der Waals surface area contributed by atoms with Gasteiger partial charge in [0.05, 0.1) is 6.20 Å². The van der Waals surface area contributed by atoms with E-state index in [1.165, 1.54) is 6.33 Å². The van der Waals surface area contributed by atoms with Gasteiger partial charge in [-0.2, -0.15) is 0 Å². The minimum atomic E-state index is -0.0725. The van der Waals surface area contributed by atoms with E-state index in [2.05, 4.69) is 20.3 Å². The predicted molar refractivity (Wildman–Crippen MR) is 64.5 cm³/mol. The van der Waals surface area contributed by atoms with Crippen LogP contribution >= 0.6 is 0 Å². The average Bonchev–Trinajstić information content (AvgIpc) is 2.72. The number of nitrogen functional groups attached to an aromatic ring is 1. The van der Waals surface area contributed by atoms with Gasteiger partial charge in [-0.15, -0.1) is 0 Å². The van der Waals surface area contributed by atoms with Crippen molar-refractivity contribution in [2.24, 2.45) is 0 Å². The molecule has 0 aromatic carbocycles. The van der Waals surface area contributed by atoms with E-state index in [0.717, 1.165) is 11.3 Å². The number of oxazole rings is 1. The molecule has 17 heavy (non-hydrogen) atoms. The number of rotatable bonds is 3. The highest BCUT2D eigenvalue weighted by Gasteiger charge is 2.13. The Balaban J connectivity index is 2.18. The van der Waals surface area contributed by atoms with Gasteiger partial charge in [0.1, 0.15) is 29.8 Å². The standard InChI is InChI=1S/C11H15N5O/c1-6-4-13-11(17-6)8(3)16-10-7(2)9(12)14-5-15-10/h4-5,8H,1-3H3,(H3,12,14,15,16). The van der Waals surface area contributed by atoms with Crippen LogP contribution in [0.3, 0.4) is 0 Å². The number of nitrogens with zero attached hydrogens (tertiary/aromatic N) is 3. The molecule has 0 aliphatic rings. The number of anilines is 2. The first-order valence-corrected chi connectivity index (χ1v) is 5.34. The molecule has 6 nitrogen and oxygen atoms in total. The van der Waals surface area contributed by atoms with Crippen LogP contribution in [0.15, 0.2) is 16.9 Å². The van der Waals surface area contributed by atoms with Crippen molar-refractivity contribution in [3.8, 4) is 0 Å². The van der Waals surface area contributed by atoms with E-state index in [-0.39, 0.29) is 6.04 Å². The zero-order valence-corrected chi connectivity index (χ0v) is 10.1. The summed E-state index contributed by atoms with van der Waals surface area (Å²) in [6.45, 7) is 5.67. The molecular formula is C11H15N5O. The Bertz CT molecular complexity index is 522. The van der Waals surface area contributed by atoms with Crippen molar-refractivity contribution < 1.29 is 4.42 Å². The Hall–Kier alpha value is -2.11. The Morgan fingerprint density at radius 3 is 2.71 bits per heavy atom. The van der Waals surface area contributed by atoms with Crippen LogP contribution in [0.4, 0.5) is 11.6 Å². The number of nitrogens with one attached hydrogen (secondary N) is 1. The molecule has 0 spiro atoms. The smallest absolute Gasteiger partial charge is 0.216 e. The highest BCUT2D eigenvalue weighted by Crippen LogP contribution is 2.21. The van der Waals surface area contributed by atoms with Gasteiger partial charge in [0.25, 0.3) is 0 Å².